The highest BCUT2D eigenvalue weighted by Crippen LogP contribution is 2.20. The lowest BCUT2D eigenvalue weighted by Gasteiger charge is -2.13. The van der Waals surface area contributed by atoms with Crippen LogP contribution in [0.2, 0.25) is 0 Å². The van der Waals surface area contributed by atoms with Crippen LogP contribution in [0, 0.1) is 0 Å². The minimum absolute atomic E-state index is 0.227. The van der Waals surface area contributed by atoms with Gasteiger partial charge < -0.3 is 14.8 Å². The first-order chi connectivity index (χ1) is 15.1. The van der Waals surface area contributed by atoms with E-state index in [4.69, 9.17) is 21.7 Å². The van der Waals surface area contributed by atoms with Gasteiger partial charge in [-0.3, -0.25) is 10.1 Å². The van der Waals surface area contributed by atoms with E-state index >= 15 is 0 Å². The third-order valence-electron chi connectivity index (χ3n) is 4.72. The number of amides is 1. The van der Waals surface area contributed by atoms with E-state index in [9.17, 15) is 4.79 Å². The van der Waals surface area contributed by atoms with Crippen molar-refractivity contribution in [3.05, 3.63) is 54.1 Å². The zero-order chi connectivity index (χ0) is 22.3. The summed E-state index contributed by atoms with van der Waals surface area (Å²) in [5.41, 5.74) is 1.23. The molecule has 0 aromatic heterocycles. The van der Waals surface area contributed by atoms with Crippen molar-refractivity contribution in [3.63, 3.8) is 0 Å². The van der Waals surface area contributed by atoms with Gasteiger partial charge in [-0.2, -0.15) is 0 Å². The van der Waals surface area contributed by atoms with E-state index in [2.05, 4.69) is 24.5 Å². The lowest BCUT2D eigenvalue weighted by Crippen LogP contribution is -2.34. The van der Waals surface area contributed by atoms with Gasteiger partial charge in [0, 0.05) is 11.8 Å². The minimum Gasteiger partial charge on any atom is -0.494 e. The normalized spacial score (nSPS) is 10.4. The molecule has 2 aromatic carbocycles. The van der Waals surface area contributed by atoms with Crippen molar-refractivity contribution in [1.29, 1.82) is 0 Å². The van der Waals surface area contributed by atoms with Crippen molar-refractivity contribution in [2.24, 2.45) is 0 Å². The van der Waals surface area contributed by atoms with Crippen molar-refractivity contribution in [2.45, 2.75) is 58.8 Å². The van der Waals surface area contributed by atoms with Gasteiger partial charge in [0.05, 0.1) is 18.8 Å². The molecule has 0 fully saturated rings. The molecule has 2 aromatic rings. The molecule has 0 spiro atoms. The average Bonchev–Trinajstić information content (AvgIpc) is 2.77. The van der Waals surface area contributed by atoms with E-state index in [1.165, 1.54) is 25.7 Å². The van der Waals surface area contributed by atoms with E-state index in [1.807, 2.05) is 30.3 Å². The first kappa shape index (κ1) is 24.7. The SMILES string of the molecule is CCCCCCCOc1cccc(NC(=S)NC(=O)c2ccccc2OCCCC)c1. The van der Waals surface area contributed by atoms with Crippen LogP contribution in [0.15, 0.2) is 48.5 Å². The zero-order valence-electron chi connectivity index (χ0n) is 18.6. The van der Waals surface area contributed by atoms with Crippen LogP contribution >= 0.6 is 12.2 Å². The molecular formula is C25H34N2O3S. The summed E-state index contributed by atoms with van der Waals surface area (Å²) in [5.74, 6) is 1.04. The number of anilines is 1. The Morgan fingerprint density at radius 1 is 0.871 bits per heavy atom. The van der Waals surface area contributed by atoms with E-state index in [0.29, 0.717) is 24.5 Å². The molecule has 0 bridgehead atoms. The second-order valence-electron chi connectivity index (χ2n) is 7.40. The molecule has 0 unspecified atom stereocenters. The largest absolute Gasteiger partial charge is 0.494 e. The Kier molecular flexibility index (Phi) is 11.5. The quantitative estimate of drug-likeness (QED) is 0.280. The van der Waals surface area contributed by atoms with Gasteiger partial charge in [0.2, 0.25) is 0 Å². The molecule has 168 valence electrons. The maximum Gasteiger partial charge on any atom is 0.261 e. The van der Waals surface area contributed by atoms with E-state index in [0.717, 1.165) is 30.7 Å². The minimum atomic E-state index is -0.302. The Labute approximate surface area is 191 Å². The summed E-state index contributed by atoms with van der Waals surface area (Å²) < 4.78 is 11.6. The number of para-hydroxylation sites is 1. The number of ether oxygens (including phenoxy) is 2. The zero-order valence-corrected chi connectivity index (χ0v) is 19.4. The highest BCUT2D eigenvalue weighted by molar-refractivity contribution is 7.80. The highest BCUT2D eigenvalue weighted by atomic mass is 32.1. The van der Waals surface area contributed by atoms with Crippen molar-refractivity contribution < 1.29 is 14.3 Å². The Morgan fingerprint density at radius 2 is 1.61 bits per heavy atom. The summed E-state index contributed by atoms with van der Waals surface area (Å²) >= 11 is 5.33. The van der Waals surface area contributed by atoms with Crippen molar-refractivity contribution in [3.8, 4) is 11.5 Å². The fourth-order valence-corrected chi connectivity index (χ4v) is 3.21. The third kappa shape index (κ3) is 9.39. The molecule has 0 saturated carbocycles. The third-order valence-corrected chi connectivity index (χ3v) is 4.93. The molecule has 0 atom stereocenters. The van der Waals surface area contributed by atoms with Crippen LogP contribution in [-0.4, -0.2) is 24.2 Å². The van der Waals surface area contributed by atoms with Gasteiger partial charge in [-0.15, -0.1) is 0 Å². The summed E-state index contributed by atoms with van der Waals surface area (Å²) in [6, 6.07) is 14.8. The Morgan fingerprint density at radius 3 is 2.42 bits per heavy atom. The fraction of sp³-hybridized carbons (Fsp3) is 0.440. The molecule has 2 N–H and O–H groups in total. The van der Waals surface area contributed by atoms with Crippen LogP contribution in [0.25, 0.3) is 0 Å². The fourth-order valence-electron chi connectivity index (χ4n) is 3.00. The molecule has 0 aliphatic carbocycles. The first-order valence-electron chi connectivity index (χ1n) is 11.2. The molecule has 0 aliphatic rings. The van der Waals surface area contributed by atoms with Crippen LogP contribution in [-0.2, 0) is 0 Å². The molecule has 31 heavy (non-hydrogen) atoms. The van der Waals surface area contributed by atoms with Gasteiger partial charge in [0.1, 0.15) is 11.5 Å². The van der Waals surface area contributed by atoms with Gasteiger partial charge in [0.15, 0.2) is 5.11 Å². The lowest BCUT2D eigenvalue weighted by molar-refractivity contribution is 0.0973. The van der Waals surface area contributed by atoms with Crippen LogP contribution in [0.5, 0.6) is 11.5 Å². The highest BCUT2D eigenvalue weighted by Gasteiger charge is 2.13. The van der Waals surface area contributed by atoms with Gasteiger partial charge in [-0.05, 0) is 49.3 Å². The van der Waals surface area contributed by atoms with E-state index < -0.39 is 0 Å². The summed E-state index contributed by atoms with van der Waals surface area (Å²) in [6.45, 7) is 5.58. The lowest BCUT2D eigenvalue weighted by atomic mass is 10.2. The number of unbranched alkanes of at least 4 members (excludes halogenated alkanes) is 5. The number of carbonyl (C=O) groups is 1. The van der Waals surface area contributed by atoms with Gasteiger partial charge in [-0.25, -0.2) is 0 Å². The first-order valence-corrected chi connectivity index (χ1v) is 11.6. The number of benzene rings is 2. The van der Waals surface area contributed by atoms with Gasteiger partial charge in [-0.1, -0.05) is 64.2 Å². The Hall–Kier alpha value is -2.60. The molecule has 0 saturated heterocycles. The predicted octanol–water partition coefficient (Wildman–Crippen LogP) is 6.34. The summed E-state index contributed by atoms with van der Waals surface area (Å²) in [4.78, 5) is 12.7. The summed E-state index contributed by atoms with van der Waals surface area (Å²) in [6.07, 6.45) is 7.97. The molecule has 2 rings (SSSR count). The second-order valence-corrected chi connectivity index (χ2v) is 7.81. The molecule has 6 heteroatoms. The van der Waals surface area contributed by atoms with Crippen molar-refractivity contribution >= 4 is 28.9 Å². The number of rotatable bonds is 13. The molecule has 0 aliphatic heterocycles. The Bertz CT molecular complexity index is 826. The standard InChI is InChI=1S/C25H34N2O3S/c1-3-5-7-8-11-18-29-21-14-12-13-20(19-21)26-25(31)27-24(28)22-15-9-10-16-23(22)30-17-6-4-2/h9-10,12-16,19H,3-8,11,17-18H2,1-2H3,(H2,26,27,28,31). The van der Waals surface area contributed by atoms with Crippen LogP contribution in [0.3, 0.4) is 0 Å². The number of hydrogen-bond donors (Lipinski definition) is 2. The maximum absolute atomic E-state index is 12.7. The molecule has 1 amide bonds. The second kappa shape index (κ2) is 14.4. The van der Waals surface area contributed by atoms with Crippen LogP contribution in [0.1, 0.15) is 69.2 Å². The number of nitrogens with one attached hydrogen (secondary N) is 2. The van der Waals surface area contributed by atoms with Gasteiger partial charge in [0.25, 0.3) is 5.91 Å². The van der Waals surface area contributed by atoms with Crippen LogP contribution < -0.4 is 20.1 Å². The monoisotopic (exact) mass is 442 g/mol. The molecule has 0 radical (unpaired) electrons. The number of hydrogen-bond acceptors (Lipinski definition) is 4. The van der Waals surface area contributed by atoms with Crippen molar-refractivity contribution in [1.82, 2.24) is 5.32 Å². The summed E-state index contributed by atoms with van der Waals surface area (Å²) in [7, 11) is 0. The topological polar surface area (TPSA) is 59.6 Å². The smallest absolute Gasteiger partial charge is 0.261 e. The molecular weight excluding hydrogens is 408 g/mol. The van der Waals surface area contributed by atoms with Gasteiger partial charge >= 0.3 is 0 Å². The number of carbonyl (C=O) groups excluding carboxylic acids is 1. The van der Waals surface area contributed by atoms with E-state index in [1.54, 1.807) is 18.2 Å². The predicted molar refractivity (Wildman–Crippen MR) is 131 cm³/mol. The van der Waals surface area contributed by atoms with E-state index in [-0.39, 0.29) is 11.0 Å². The summed E-state index contributed by atoms with van der Waals surface area (Å²) in [5, 5.41) is 6.01. The molecule has 5 nitrogen and oxygen atoms in total. The van der Waals surface area contributed by atoms with Crippen LogP contribution in [0.4, 0.5) is 5.69 Å². The van der Waals surface area contributed by atoms with Crippen molar-refractivity contribution in [2.75, 3.05) is 18.5 Å². The number of thiocarbonyl (C=S) groups is 1. The average molecular weight is 443 g/mol. The Balaban J connectivity index is 1.85. The molecule has 0 heterocycles. The maximum atomic E-state index is 12.7.